The maximum absolute atomic E-state index is 14.0. The number of ether oxygens (including phenoxy) is 1. The predicted molar refractivity (Wildman–Crippen MR) is 192 cm³/mol. The van der Waals surface area contributed by atoms with E-state index in [0.29, 0.717) is 23.3 Å². The van der Waals surface area contributed by atoms with Crippen LogP contribution in [0.4, 0.5) is 4.39 Å². The van der Waals surface area contributed by atoms with Gasteiger partial charge in [0.05, 0.1) is 6.20 Å². The summed E-state index contributed by atoms with van der Waals surface area (Å²) < 4.78 is 24.6. The summed E-state index contributed by atoms with van der Waals surface area (Å²) in [4.78, 5) is 4.78. The van der Waals surface area contributed by atoms with E-state index < -0.39 is 0 Å². The van der Waals surface area contributed by atoms with Crippen LogP contribution in [-0.2, 0) is 27.5 Å². The van der Waals surface area contributed by atoms with Gasteiger partial charge >= 0.3 is 21.1 Å². The first-order valence-corrected chi connectivity index (χ1v) is 16.6. The monoisotopic (exact) mass is 829 g/mol. The van der Waals surface area contributed by atoms with E-state index in [0.717, 1.165) is 74.0 Å². The van der Waals surface area contributed by atoms with E-state index in [4.69, 9.17) is 14.8 Å². The quantitative estimate of drug-likeness (QED) is 0.136. The molecule has 7 heteroatoms. The molecule has 0 spiro atoms. The molecule has 7 rings (SSSR count). The fraction of sp³-hybridized carbons (Fsp3) is 0.238. The van der Waals surface area contributed by atoms with Crippen molar-refractivity contribution in [3.8, 4) is 34.1 Å². The topological polar surface area (TPSA) is 44.9 Å². The van der Waals surface area contributed by atoms with E-state index >= 15 is 0 Å². The largest absolute Gasteiger partial charge is 2.00 e. The molecule has 0 saturated carbocycles. The number of fused-ring (bicyclic) bond motifs is 3. The maximum atomic E-state index is 14.0. The summed E-state index contributed by atoms with van der Waals surface area (Å²) >= 11 is 0. The number of rotatable bonds is 9. The molecule has 0 aliphatic rings. The number of para-hydroxylation sites is 1. The van der Waals surface area contributed by atoms with E-state index in [9.17, 15) is 4.39 Å². The second-order valence-corrected chi connectivity index (χ2v) is 13.4. The minimum absolute atomic E-state index is 0. The third-order valence-electron chi connectivity index (χ3n) is 8.96. The van der Waals surface area contributed by atoms with Crippen molar-refractivity contribution >= 4 is 21.8 Å². The van der Waals surface area contributed by atoms with Crippen LogP contribution in [-0.4, -0.2) is 19.3 Å². The number of nitrogens with zero attached hydrogens (tertiary/aromatic N) is 4. The van der Waals surface area contributed by atoms with Crippen LogP contribution in [0.2, 0.25) is 0 Å². The van der Waals surface area contributed by atoms with Crippen molar-refractivity contribution in [1.82, 2.24) is 19.3 Å². The molecule has 49 heavy (non-hydrogen) atoms. The van der Waals surface area contributed by atoms with Crippen molar-refractivity contribution < 1.29 is 30.2 Å². The molecule has 0 amide bonds. The van der Waals surface area contributed by atoms with Crippen molar-refractivity contribution in [1.29, 1.82) is 0 Å². The molecular weight excluding hydrogens is 791 g/mol. The van der Waals surface area contributed by atoms with Crippen LogP contribution >= 0.6 is 0 Å². The second-order valence-electron chi connectivity index (χ2n) is 13.4. The molecule has 0 radical (unpaired) electrons. The molecule has 7 aromatic rings. The fourth-order valence-corrected chi connectivity index (χ4v) is 6.52. The maximum Gasteiger partial charge on any atom is 2.00 e. The van der Waals surface area contributed by atoms with Gasteiger partial charge in [-0.2, -0.15) is 16.7 Å². The van der Waals surface area contributed by atoms with Crippen molar-refractivity contribution in [2.75, 3.05) is 0 Å². The number of hydrogen-bond acceptors (Lipinski definition) is 3. The van der Waals surface area contributed by atoms with Gasteiger partial charge in [0.15, 0.2) is 0 Å². The standard InChI is InChI=1S/C42H39FN4O.Pt/c1-26(2)11-12-30-19-34(46-25-32(24-45-46)42-28(5)17-33(43)18-29(42)6)22-36(20-30)48-35-13-14-38-37-9-7-8-10-39(37)47(40(38)23-35)41-21-31(27(3)4)15-16-44-41;/h7-10,13-21,24-27H,11-12H2,1-6H3;/q-2;+2. The zero-order chi connectivity index (χ0) is 33.5. The van der Waals surface area contributed by atoms with E-state index in [1.807, 2.05) is 43.2 Å². The number of halogens is 1. The van der Waals surface area contributed by atoms with Gasteiger partial charge < -0.3 is 9.30 Å². The van der Waals surface area contributed by atoms with Crippen LogP contribution in [0.3, 0.4) is 0 Å². The Bertz CT molecular complexity index is 2260. The molecule has 0 bridgehead atoms. The van der Waals surface area contributed by atoms with Gasteiger partial charge in [-0.15, -0.1) is 35.7 Å². The molecule has 0 atom stereocenters. The summed E-state index contributed by atoms with van der Waals surface area (Å²) in [6, 6.07) is 31.0. The van der Waals surface area contributed by atoms with Gasteiger partial charge in [-0.05, 0) is 95.8 Å². The number of hydrogen-bond donors (Lipinski definition) is 0. The fourth-order valence-electron chi connectivity index (χ4n) is 6.52. The first-order chi connectivity index (χ1) is 23.1. The normalized spacial score (nSPS) is 11.5. The Morgan fingerprint density at radius 3 is 2.39 bits per heavy atom. The van der Waals surface area contributed by atoms with Crippen LogP contribution in [0, 0.1) is 37.7 Å². The van der Waals surface area contributed by atoms with Gasteiger partial charge in [0, 0.05) is 35.0 Å². The van der Waals surface area contributed by atoms with E-state index in [1.54, 1.807) is 12.1 Å². The Morgan fingerprint density at radius 1 is 0.857 bits per heavy atom. The van der Waals surface area contributed by atoms with Gasteiger partial charge in [-0.25, -0.2) is 9.37 Å². The summed E-state index contributed by atoms with van der Waals surface area (Å²) in [5.74, 6) is 2.74. The molecule has 250 valence electrons. The van der Waals surface area contributed by atoms with Crippen LogP contribution in [0.25, 0.3) is 44.4 Å². The van der Waals surface area contributed by atoms with Crippen LogP contribution in [0.15, 0.2) is 91.4 Å². The molecular formula is C42H39FN4OPt. The zero-order valence-electron chi connectivity index (χ0n) is 28.6. The molecule has 0 fully saturated rings. The van der Waals surface area contributed by atoms with Crippen LogP contribution < -0.4 is 4.74 Å². The van der Waals surface area contributed by atoms with E-state index in [1.165, 1.54) is 5.56 Å². The first kappa shape index (κ1) is 34.3. The molecule has 0 aliphatic heterocycles. The van der Waals surface area contributed by atoms with Crippen molar-refractivity contribution in [3.63, 3.8) is 0 Å². The Morgan fingerprint density at radius 2 is 1.63 bits per heavy atom. The number of aromatic nitrogens is 4. The number of aryl methyl sites for hydroxylation is 3. The smallest absolute Gasteiger partial charge is 0.509 e. The summed E-state index contributed by atoms with van der Waals surface area (Å²) in [6.45, 7) is 12.7. The van der Waals surface area contributed by atoms with Crippen molar-refractivity contribution in [2.45, 2.75) is 60.3 Å². The summed E-state index contributed by atoms with van der Waals surface area (Å²) in [5, 5.41) is 6.92. The zero-order valence-corrected chi connectivity index (χ0v) is 30.9. The van der Waals surface area contributed by atoms with Crippen molar-refractivity contribution in [2.24, 2.45) is 5.92 Å². The van der Waals surface area contributed by atoms with Gasteiger partial charge in [-0.1, -0.05) is 57.8 Å². The predicted octanol–water partition coefficient (Wildman–Crippen LogP) is 10.9. The molecule has 3 heterocycles. The second kappa shape index (κ2) is 14.1. The Hall–Kier alpha value is -4.54. The minimum atomic E-state index is -0.232. The summed E-state index contributed by atoms with van der Waals surface area (Å²) in [6.07, 6.45) is 7.62. The minimum Gasteiger partial charge on any atom is -0.509 e. The molecule has 0 saturated heterocycles. The van der Waals surface area contributed by atoms with Gasteiger partial charge in [-0.3, -0.25) is 4.68 Å². The third-order valence-corrected chi connectivity index (χ3v) is 8.96. The molecule has 0 unspecified atom stereocenters. The number of benzene rings is 4. The molecule has 3 aromatic heterocycles. The Labute approximate surface area is 302 Å². The summed E-state index contributed by atoms with van der Waals surface area (Å²) in [7, 11) is 0. The average molecular weight is 830 g/mol. The Balaban J connectivity index is 0.00000417. The molecule has 4 aromatic carbocycles. The SMILES string of the molecule is Cc1cc(F)cc(C)c1-c1cnn(-c2[c-]c(Oc3[c-]c4c(cc3)c3ccccc3n4-c3cc(C(C)C)ccn3)cc(CCC(C)C)c2)c1.[Pt+2]. The molecule has 0 N–H and O–H groups in total. The Kier molecular flexibility index (Phi) is 9.90. The molecule has 0 aliphatic carbocycles. The van der Waals surface area contributed by atoms with E-state index in [-0.39, 0.29) is 26.9 Å². The van der Waals surface area contributed by atoms with Crippen molar-refractivity contribution in [3.05, 3.63) is 132 Å². The van der Waals surface area contributed by atoms with Gasteiger partial charge in [0.1, 0.15) is 11.6 Å². The van der Waals surface area contributed by atoms with E-state index in [2.05, 4.69) is 99.0 Å². The average Bonchev–Trinajstić information content (AvgIpc) is 3.66. The van der Waals surface area contributed by atoms with Crippen LogP contribution in [0.1, 0.15) is 62.3 Å². The first-order valence-electron chi connectivity index (χ1n) is 16.6. The van der Waals surface area contributed by atoms with Gasteiger partial charge in [0.2, 0.25) is 0 Å². The summed E-state index contributed by atoms with van der Waals surface area (Å²) in [5.41, 5.74) is 8.78. The van der Waals surface area contributed by atoms with Gasteiger partial charge in [0.25, 0.3) is 0 Å². The van der Waals surface area contributed by atoms with Crippen LogP contribution in [0.5, 0.6) is 11.5 Å². The molecule has 5 nitrogen and oxygen atoms in total. The number of pyridine rings is 1. The third kappa shape index (κ3) is 6.98.